The van der Waals surface area contributed by atoms with Gasteiger partial charge in [-0.2, -0.15) is 5.26 Å². The van der Waals surface area contributed by atoms with E-state index in [0.29, 0.717) is 12.1 Å². The summed E-state index contributed by atoms with van der Waals surface area (Å²) >= 11 is 0. The lowest BCUT2D eigenvalue weighted by Gasteiger charge is -2.41. The van der Waals surface area contributed by atoms with E-state index in [1.807, 2.05) is 6.08 Å². The molecule has 2 unspecified atom stereocenters. The summed E-state index contributed by atoms with van der Waals surface area (Å²) < 4.78 is 0. The molecule has 2 aliphatic heterocycles. The molecule has 3 nitrogen and oxygen atoms in total. The fourth-order valence-corrected chi connectivity index (χ4v) is 3.01. The van der Waals surface area contributed by atoms with Gasteiger partial charge >= 0.3 is 0 Å². The SMILES string of the molecule is C=CCNC1(C#N)CC2CCC(C1)N2C. The highest BCUT2D eigenvalue weighted by Gasteiger charge is 2.46. The highest BCUT2D eigenvalue weighted by Crippen LogP contribution is 2.39. The standard InChI is InChI=1S/C12H19N3/c1-3-6-14-12(9-13)7-10-4-5-11(8-12)15(10)2/h3,10-11,14H,1,4-8H2,2H3. The lowest BCUT2D eigenvalue weighted by molar-refractivity contribution is 0.121. The van der Waals surface area contributed by atoms with Crippen LogP contribution in [0.2, 0.25) is 0 Å². The summed E-state index contributed by atoms with van der Waals surface area (Å²) in [5.74, 6) is 0. The molecule has 0 amide bonds. The summed E-state index contributed by atoms with van der Waals surface area (Å²) in [6.07, 6.45) is 6.26. The molecule has 0 saturated carbocycles. The van der Waals surface area contributed by atoms with Gasteiger partial charge in [0.25, 0.3) is 0 Å². The van der Waals surface area contributed by atoms with Gasteiger partial charge in [0, 0.05) is 18.6 Å². The molecule has 0 aromatic rings. The van der Waals surface area contributed by atoms with Crippen molar-refractivity contribution in [2.75, 3.05) is 13.6 Å². The van der Waals surface area contributed by atoms with Gasteiger partial charge in [0.05, 0.1) is 6.07 Å². The zero-order chi connectivity index (χ0) is 10.9. The molecule has 82 valence electrons. The molecular weight excluding hydrogens is 186 g/mol. The molecule has 2 rings (SSSR count). The van der Waals surface area contributed by atoms with Crippen LogP contribution in [-0.4, -0.2) is 36.1 Å². The van der Waals surface area contributed by atoms with Crippen molar-refractivity contribution in [1.29, 1.82) is 5.26 Å². The van der Waals surface area contributed by atoms with E-state index in [-0.39, 0.29) is 5.54 Å². The van der Waals surface area contributed by atoms with Crippen LogP contribution < -0.4 is 5.32 Å². The van der Waals surface area contributed by atoms with Gasteiger partial charge in [-0.05, 0) is 32.7 Å². The normalized spacial score (nSPS) is 40.0. The van der Waals surface area contributed by atoms with Crippen LogP contribution in [-0.2, 0) is 0 Å². The Balaban J connectivity index is 2.10. The maximum Gasteiger partial charge on any atom is 0.110 e. The Bertz CT molecular complexity index is 278. The Morgan fingerprint density at radius 2 is 2.13 bits per heavy atom. The van der Waals surface area contributed by atoms with Crippen molar-refractivity contribution < 1.29 is 0 Å². The summed E-state index contributed by atoms with van der Waals surface area (Å²) in [4.78, 5) is 2.45. The first kappa shape index (κ1) is 10.7. The number of fused-ring (bicyclic) bond motifs is 2. The van der Waals surface area contributed by atoms with Gasteiger partial charge in [0.1, 0.15) is 5.54 Å². The van der Waals surface area contributed by atoms with Crippen LogP contribution in [0.15, 0.2) is 12.7 Å². The van der Waals surface area contributed by atoms with Crippen molar-refractivity contribution in [3.05, 3.63) is 12.7 Å². The monoisotopic (exact) mass is 205 g/mol. The third kappa shape index (κ3) is 1.80. The van der Waals surface area contributed by atoms with Crippen LogP contribution in [0.5, 0.6) is 0 Å². The fourth-order valence-electron chi connectivity index (χ4n) is 3.01. The minimum Gasteiger partial charge on any atom is -0.300 e. The lowest BCUT2D eigenvalue weighted by Crippen LogP contribution is -2.56. The second-order valence-corrected chi connectivity index (χ2v) is 4.82. The van der Waals surface area contributed by atoms with Crippen molar-refractivity contribution in [3.63, 3.8) is 0 Å². The first-order valence-corrected chi connectivity index (χ1v) is 5.70. The van der Waals surface area contributed by atoms with Crippen LogP contribution in [0.4, 0.5) is 0 Å². The van der Waals surface area contributed by atoms with Gasteiger partial charge in [0.15, 0.2) is 0 Å². The number of rotatable bonds is 3. The maximum atomic E-state index is 9.35. The molecule has 1 N–H and O–H groups in total. The number of nitrogens with zero attached hydrogens (tertiary/aromatic N) is 2. The summed E-state index contributed by atoms with van der Waals surface area (Å²) in [5.41, 5.74) is -0.299. The first-order chi connectivity index (χ1) is 7.21. The zero-order valence-corrected chi connectivity index (χ0v) is 9.37. The van der Waals surface area contributed by atoms with Crippen molar-refractivity contribution in [1.82, 2.24) is 10.2 Å². The highest BCUT2D eigenvalue weighted by atomic mass is 15.2. The third-order valence-electron chi connectivity index (χ3n) is 3.95. The molecule has 2 atom stereocenters. The van der Waals surface area contributed by atoms with Crippen LogP contribution in [0.25, 0.3) is 0 Å². The van der Waals surface area contributed by atoms with Gasteiger partial charge in [-0.15, -0.1) is 6.58 Å². The molecule has 0 spiro atoms. The summed E-state index contributed by atoms with van der Waals surface area (Å²) in [5, 5.41) is 12.7. The van der Waals surface area contributed by atoms with Gasteiger partial charge in [-0.3, -0.25) is 5.32 Å². The number of hydrogen-bond donors (Lipinski definition) is 1. The summed E-state index contributed by atoms with van der Waals surface area (Å²) in [6.45, 7) is 4.43. The predicted molar refractivity (Wildman–Crippen MR) is 60.4 cm³/mol. The van der Waals surface area contributed by atoms with Crippen LogP contribution in [0, 0.1) is 11.3 Å². The van der Waals surface area contributed by atoms with E-state index in [9.17, 15) is 5.26 Å². The van der Waals surface area contributed by atoms with Crippen molar-refractivity contribution >= 4 is 0 Å². The number of nitriles is 1. The minimum absolute atomic E-state index is 0.299. The quantitative estimate of drug-likeness (QED) is 0.705. The van der Waals surface area contributed by atoms with Crippen molar-refractivity contribution in [2.24, 2.45) is 0 Å². The zero-order valence-electron chi connectivity index (χ0n) is 9.37. The Labute approximate surface area is 91.8 Å². The molecule has 2 heterocycles. The predicted octanol–water partition coefficient (Wildman–Crippen LogP) is 1.28. The molecular formula is C12H19N3. The second kappa shape index (κ2) is 3.96. The maximum absolute atomic E-state index is 9.35. The summed E-state index contributed by atoms with van der Waals surface area (Å²) in [6, 6.07) is 3.68. The molecule has 2 fully saturated rings. The Kier molecular flexibility index (Phi) is 2.81. The van der Waals surface area contributed by atoms with Crippen LogP contribution in [0.1, 0.15) is 25.7 Å². The van der Waals surface area contributed by atoms with Crippen molar-refractivity contribution in [3.8, 4) is 6.07 Å². The molecule has 0 radical (unpaired) electrons. The van der Waals surface area contributed by atoms with Crippen LogP contribution >= 0.6 is 0 Å². The molecule has 2 aliphatic rings. The average molecular weight is 205 g/mol. The number of nitrogens with one attached hydrogen (secondary N) is 1. The van der Waals surface area contributed by atoms with E-state index in [1.54, 1.807) is 0 Å². The molecule has 2 bridgehead atoms. The van der Waals surface area contributed by atoms with Crippen molar-refractivity contribution in [2.45, 2.75) is 43.3 Å². The van der Waals surface area contributed by atoms with Crippen LogP contribution in [0.3, 0.4) is 0 Å². The fraction of sp³-hybridized carbons (Fsp3) is 0.750. The molecule has 15 heavy (non-hydrogen) atoms. The minimum atomic E-state index is -0.299. The topological polar surface area (TPSA) is 39.1 Å². The Morgan fingerprint density at radius 3 is 2.60 bits per heavy atom. The average Bonchev–Trinajstić information content (AvgIpc) is 2.51. The van der Waals surface area contributed by atoms with E-state index in [4.69, 9.17) is 0 Å². The molecule has 0 aromatic heterocycles. The Morgan fingerprint density at radius 1 is 1.53 bits per heavy atom. The Hall–Kier alpha value is -0.850. The van der Waals surface area contributed by atoms with Gasteiger partial charge in [-0.25, -0.2) is 0 Å². The first-order valence-electron chi connectivity index (χ1n) is 5.70. The lowest BCUT2D eigenvalue weighted by atomic mass is 9.84. The van der Waals surface area contributed by atoms with E-state index >= 15 is 0 Å². The number of hydrogen-bond acceptors (Lipinski definition) is 3. The molecule has 0 aromatic carbocycles. The highest BCUT2D eigenvalue weighted by molar-refractivity contribution is 5.16. The molecule has 3 heteroatoms. The third-order valence-corrected chi connectivity index (χ3v) is 3.95. The van der Waals surface area contributed by atoms with Gasteiger partial charge in [-0.1, -0.05) is 6.08 Å². The largest absolute Gasteiger partial charge is 0.300 e. The second-order valence-electron chi connectivity index (χ2n) is 4.82. The van der Waals surface area contributed by atoms with E-state index < -0.39 is 0 Å². The smallest absolute Gasteiger partial charge is 0.110 e. The van der Waals surface area contributed by atoms with Gasteiger partial charge in [0.2, 0.25) is 0 Å². The number of piperidine rings is 1. The molecule has 0 aliphatic carbocycles. The van der Waals surface area contributed by atoms with E-state index in [2.05, 4.69) is 29.9 Å². The molecule has 2 saturated heterocycles. The van der Waals surface area contributed by atoms with E-state index in [0.717, 1.165) is 19.4 Å². The summed E-state index contributed by atoms with van der Waals surface area (Å²) in [7, 11) is 2.19. The van der Waals surface area contributed by atoms with Gasteiger partial charge < -0.3 is 4.90 Å². The van der Waals surface area contributed by atoms with E-state index in [1.165, 1.54) is 12.8 Å².